The van der Waals surface area contributed by atoms with Crippen LogP contribution in [0.15, 0.2) is 24.3 Å². The Morgan fingerprint density at radius 2 is 2.11 bits per heavy atom. The second kappa shape index (κ2) is 7.67. The maximum atomic E-state index is 10.7. The minimum absolute atomic E-state index is 0.133. The molecule has 0 aromatic heterocycles. The lowest BCUT2D eigenvalue weighted by atomic mass is 10.2. The summed E-state index contributed by atoms with van der Waals surface area (Å²) in [5.41, 5.74) is 1.02. The molecule has 0 heterocycles. The van der Waals surface area contributed by atoms with Crippen molar-refractivity contribution < 1.29 is 14.6 Å². The van der Waals surface area contributed by atoms with Gasteiger partial charge in [-0.25, -0.2) is 0 Å². The van der Waals surface area contributed by atoms with Crippen LogP contribution in [0.25, 0.3) is 0 Å². The molecule has 4 nitrogen and oxygen atoms in total. The second-order valence-corrected chi connectivity index (χ2v) is 4.79. The lowest BCUT2D eigenvalue weighted by Crippen LogP contribution is -2.27. The van der Waals surface area contributed by atoms with Crippen molar-refractivity contribution in [1.29, 1.82) is 0 Å². The predicted octanol–water partition coefficient (Wildman–Crippen LogP) is 3.16. The normalized spacial score (nSPS) is 10.5. The number of benzene rings is 1. The summed E-state index contributed by atoms with van der Waals surface area (Å²) in [5.74, 6) is 0.0552. The minimum atomic E-state index is -0.768. The summed E-state index contributed by atoms with van der Waals surface area (Å²) in [5, 5.41) is 8.80. The number of carboxylic acids is 1. The monoisotopic (exact) mass is 265 g/mol. The van der Waals surface area contributed by atoms with Crippen LogP contribution in [-0.4, -0.2) is 30.3 Å². The standard InChI is InChI=1S/C15H23NO3/c1-4-9-16(10-8-15(17)18)13-6-5-7-14(11-13)19-12(2)3/h5-7,11-12H,4,8-10H2,1-3H3,(H,17,18). The van der Waals surface area contributed by atoms with Gasteiger partial charge in [0, 0.05) is 24.8 Å². The summed E-state index contributed by atoms with van der Waals surface area (Å²) in [4.78, 5) is 12.8. The molecule has 1 aromatic carbocycles. The maximum absolute atomic E-state index is 10.7. The summed E-state index contributed by atoms with van der Waals surface area (Å²) in [6.07, 6.45) is 1.26. The highest BCUT2D eigenvalue weighted by atomic mass is 16.5. The first kappa shape index (κ1) is 15.3. The minimum Gasteiger partial charge on any atom is -0.491 e. The van der Waals surface area contributed by atoms with E-state index in [1.54, 1.807) is 0 Å². The van der Waals surface area contributed by atoms with Gasteiger partial charge in [0.1, 0.15) is 5.75 Å². The SMILES string of the molecule is CCCN(CCC(=O)O)c1cccc(OC(C)C)c1. The van der Waals surface area contributed by atoms with Gasteiger partial charge in [0.15, 0.2) is 0 Å². The van der Waals surface area contributed by atoms with Crippen molar-refractivity contribution in [1.82, 2.24) is 0 Å². The Bertz CT molecular complexity index is 404. The molecule has 0 saturated carbocycles. The molecule has 0 unspecified atom stereocenters. The molecule has 0 amide bonds. The van der Waals surface area contributed by atoms with E-state index in [9.17, 15) is 4.79 Å². The zero-order valence-corrected chi connectivity index (χ0v) is 11.9. The van der Waals surface area contributed by atoms with Crippen molar-refractivity contribution in [2.45, 2.75) is 39.7 Å². The average molecular weight is 265 g/mol. The Balaban J connectivity index is 2.79. The third-order valence-corrected chi connectivity index (χ3v) is 2.64. The smallest absolute Gasteiger partial charge is 0.305 e. The van der Waals surface area contributed by atoms with Crippen molar-refractivity contribution >= 4 is 11.7 Å². The first-order chi connectivity index (χ1) is 9.02. The summed E-state index contributed by atoms with van der Waals surface area (Å²) in [6.45, 7) is 7.43. The molecule has 0 bridgehead atoms. The Hall–Kier alpha value is -1.71. The lowest BCUT2D eigenvalue weighted by molar-refractivity contribution is -0.136. The molecule has 0 spiro atoms. The first-order valence-corrected chi connectivity index (χ1v) is 6.76. The van der Waals surface area contributed by atoms with Gasteiger partial charge in [-0.05, 0) is 32.4 Å². The van der Waals surface area contributed by atoms with E-state index >= 15 is 0 Å². The average Bonchev–Trinajstić information content (AvgIpc) is 2.33. The van der Waals surface area contributed by atoms with Crippen molar-refractivity contribution in [3.8, 4) is 5.75 Å². The highest BCUT2D eigenvalue weighted by molar-refractivity contribution is 5.67. The molecule has 0 saturated heterocycles. The van der Waals surface area contributed by atoms with E-state index in [-0.39, 0.29) is 12.5 Å². The van der Waals surface area contributed by atoms with Gasteiger partial charge in [-0.15, -0.1) is 0 Å². The molecule has 0 fully saturated rings. The third kappa shape index (κ3) is 5.64. The Kier molecular flexibility index (Phi) is 6.19. The number of carbonyl (C=O) groups is 1. The van der Waals surface area contributed by atoms with E-state index in [0.717, 1.165) is 24.4 Å². The number of nitrogens with zero attached hydrogens (tertiary/aromatic N) is 1. The van der Waals surface area contributed by atoms with E-state index in [1.165, 1.54) is 0 Å². The first-order valence-electron chi connectivity index (χ1n) is 6.76. The Labute approximate surface area is 115 Å². The van der Waals surface area contributed by atoms with Gasteiger partial charge < -0.3 is 14.7 Å². The number of aliphatic carboxylic acids is 1. The summed E-state index contributed by atoms with van der Waals surface area (Å²) in [6, 6.07) is 7.82. The van der Waals surface area contributed by atoms with Crippen LogP contribution in [0.5, 0.6) is 5.75 Å². The van der Waals surface area contributed by atoms with Crippen LogP contribution < -0.4 is 9.64 Å². The van der Waals surface area contributed by atoms with Gasteiger partial charge in [0.2, 0.25) is 0 Å². The number of carboxylic acid groups (broad SMARTS) is 1. The molecule has 1 N–H and O–H groups in total. The van der Waals surface area contributed by atoms with Crippen LogP contribution in [0.2, 0.25) is 0 Å². The lowest BCUT2D eigenvalue weighted by Gasteiger charge is -2.24. The molecule has 0 radical (unpaired) electrons. The van der Waals surface area contributed by atoms with Crippen molar-refractivity contribution in [3.05, 3.63) is 24.3 Å². The van der Waals surface area contributed by atoms with Crippen LogP contribution in [-0.2, 0) is 4.79 Å². The maximum Gasteiger partial charge on any atom is 0.305 e. The summed E-state index contributed by atoms with van der Waals surface area (Å²) < 4.78 is 5.67. The van der Waals surface area contributed by atoms with Gasteiger partial charge >= 0.3 is 5.97 Å². The predicted molar refractivity (Wildman–Crippen MR) is 77.0 cm³/mol. The van der Waals surface area contributed by atoms with Gasteiger partial charge in [-0.2, -0.15) is 0 Å². The van der Waals surface area contributed by atoms with Gasteiger partial charge in [0.25, 0.3) is 0 Å². The number of hydrogen-bond donors (Lipinski definition) is 1. The zero-order chi connectivity index (χ0) is 14.3. The molecule has 19 heavy (non-hydrogen) atoms. The van der Waals surface area contributed by atoms with E-state index in [4.69, 9.17) is 9.84 Å². The molecule has 1 aromatic rings. The molecular weight excluding hydrogens is 242 g/mol. The van der Waals surface area contributed by atoms with Crippen molar-refractivity contribution in [3.63, 3.8) is 0 Å². The zero-order valence-electron chi connectivity index (χ0n) is 11.9. The molecule has 0 aliphatic heterocycles. The van der Waals surface area contributed by atoms with E-state index in [1.807, 2.05) is 38.1 Å². The van der Waals surface area contributed by atoms with Gasteiger partial charge in [-0.1, -0.05) is 13.0 Å². The van der Waals surface area contributed by atoms with Gasteiger partial charge in [0.05, 0.1) is 12.5 Å². The van der Waals surface area contributed by atoms with Crippen molar-refractivity contribution in [2.75, 3.05) is 18.0 Å². The van der Waals surface area contributed by atoms with Crippen LogP contribution >= 0.6 is 0 Å². The second-order valence-electron chi connectivity index (χ2n) is 4.79. The summed E-state index contributed by atoms with van der Waals surface area (Å²) >= 11 is 0. The highest BCUT2D eigenvalue weighted by Crippen LogP contribution is 2.22. The molecular formula is C15H23NO3. The number of hydrogen-bond acceptors (Lipinski definition) is 3. The molecule has 4 heteroatoms. The van der Waals surface area contributed by atoms with Crippen molar-refractivity contribution in [2.24, 2.45) is 0 Å². The number of rotatable bonds is 8. The largest absolute Gasteiger partial charge is 0.491 e. The van der Waals surface area contributed by atoms with Crippen LogP contribution in [0.4, 0.5) is 5.69 Å². The fourth-order valence-corrected chi connectivity index (χ4v) is 1.90. The fraction of sp³-hybridized carbons (Fsp3) is 0.533. The fourth-order valence-electron chi connectivity index (χ4n) is 1.90. The number of anilines is 1. The molecule has 0 aliphatic rings. The van der Waals surface area contributed by atoms with Crippen LogP contribution in [0.3, 0.4) is 0 Å². The third-order valence-electron chi connectivity index (χ3n) is 2.64. The molecule has 106 valence electrons. The van der Waals surface area contributed by atoms with E-state index in [0.29, 0.717) is 6.54 Å². The van der Waals surface area contributed by atoms with Crippen LogP contribution in [0.1, 0.15) is 33.6 Å². The van der Waals surface area contributed by atoms with Crippen LogP contribution in [0, 0.1) is 0 Å². The van der Waals surface area contributed by atoms with E-state index in [2.05, 4.69) is 11.8 Å². The quantitative estimate of drug-likeness (QED) is 0.784. The molecule has 0 aliphatic carbocycles. The van der Waals surface area contributed by atoms with Gasteiger partial charge in [-0.3, -0.25) is 4.79 Å². The molecule has 0 atom stereocenters. The summed E-state index contributed by atoms with van der Waals surface area (Å²) in [7, 11) is 0. The van der Waals surface area contributed by atoms with E-state index < -0.39 is 5.97 Å². The highest BCUT2D eigenvalue weighted by Gasteiger charge is 2.09. The molecule has 1 rings (SSSR count). The number of ether oxygens (including phenoxy) is 1. The topological polar surface area (TPSA) is 49.8 Å². The Morgan fingerprint density at radius 3 is 2.68 bits per heavy atom. The Morgan fingerprint density at radius 1 is 1.37 bits per heavy atom.